The van der Waals surface area contributed by atoms with Crippen molar-refractivity contribution in [2.24, 2.45) is 5.73 Å². The molecule has 0 aromatic rings. The highest BCUT2D eigenvalue weighted by molar-refractivity contribution is 8.00. The van der Waals surface area contributed by atoms with Crippen molar-refractivity contribution in [3.05, 3.63) is 24.3 Å². The van der Waals surface area contributed by atoms with Gasteiger partial charge in [-0.2, -0.15) is 0 Å². The number of aliphatic hydroxyl groups excluding tert-OH is 1. The summed E-state index contributed by atoms with van der Waals surface area (Å²) in [6.45, 7) is 1.64. The first-order valence-electron chi connectivity index (χ1n) is 9.87. The Morgan fingerprint density at radius 1 is 1.10 bits per heavy atom. The van der Waals surface area contributed by atoms with Gasteiger partial charge in [0.1, 0.15) is 6.54 Å². The zero-order valence-corrected chi connectivity index (χ0v) is 17.8. The summed E-state index contributed by atoms with van der Waals surface area (Å²) in [6, 6.07) is -0.911. The maximum atomic E-state index is 11.8. The Morgan fingerprint density at radius 2 is 1.83 bits per heavy atom. The van der Waals surface area contributed by atoms with E-state index < -0.39 is 36.5 Å². The molecule has 0 spiro atoms. The monoisotopic (exact) mass is 430 g/mol. The van der Waals surface area contributed by atoms with Crippen LogP contribution in [-0.2, 0) is 14.4 Å². The number of aliphatic carboxylic acids is 2. The third-order valence-electron chi connectivity index (χ3n) is 4.01. The van der Waals surface area contributed by atoms with Crippen LogP contribution in [0.3, 0.4) is 0 Å². The first kappa shape index (κ1) is 27.2. The second-order valence-corrected chi connectivity index (χ2v) is 7.89. The third kappa shape index (κ3) is 15.7. The number of carbonyl (C=O) groups is 3. The number of allylic oxidation sites excluding steroid dienone is 3. The number of thioether (sulfide) groups is 1. The molecule has 0 aliphatic heterocycles. The van der Waals surface area contributed by atoms with Gasteiger partial charge in [-0.1, -0.05) is 44.1 Å². The molecule has 1 amide bonds. The van der Waals surface area contributed by atoms with Crippen molar-refractivity contribution in [2.45, 2.75) is 69.3 Å². The zero-order chi connectivity index (χ0) is 22.1. The van der Waals surface area contributed by atoms with Gasteiger partial charge < -0.3 is 26.4 Å². The Labute approximate surface area is 176 Å². The van der Waals surface area contributed by atoms with Crippen molar-refractivity contribution in [1.29, 1.82) is 0 Å². The highest BCUT2D eigenvalue weighted by atomic mass is 32.2. The molecule has 0 radical (unpaired) electrons. The fraction of sp³-hybridized carbons (Fsp3) is 0.650. The minimum atomic E-state index is -1.15. The first-order valence-corrected chi connectivity index (χ1v) is 10.9. The van der Waals surface area contributed by atoms with E-state index >= 15 is 0 Å². The van der Waals surface area contributed by atoms with Crippen LogP contribution in [-0.4, -0.2) is 62.9 Å². The summed E-state index contributed by atoms with van der Waals surface area (Å²) in [5.74, 6) is -2.45. The van der Waals surface area contributed by atoms with E-state index in [1.807, 2.05) is 18.2 Å². The summed E-state index contributed by atoms with van der Waals surface area (Å²) >= 11 is 1.28. The van der Waals surface area contributed by atoms with Gasteiger partial charge in [0.25, 0.3) is 0 Å². The van der Waals surface area contributed by atoms with Gasteiger partial charge in [0.15, 0.2) is 0 Å². The molecule has 0 aliphatic carbocycles. The molecule has 0 heterocycles. The van der Waals surface area contributed by atoms with Gasteiger partial charge in [-0.15, -0.1) is 11.8 Å². The van der Waals surface area contributed by atoms with Gasteiger partial charge in [-0.05, 0) is 25.7 Å². The molecule has 0 aliphatic rings. The van der Waals surface area contributed by atoms with Gasteiger partial charge in [0.05, 0.1) is 12.1 Å². The maximum absolute atomic E-state index is 11.8. The van der Waals surface area contributed by atoms with E-state index in [2.05, 4.69) is 18.3 Å². The van der Waals surface area contributed by atoms with Crippen molar-refractivity contribution in [3.63, 3.8) is 0 Å². The average molecular weight is 431 g/mol. The molecule has 29 heavy (non-hydrogen) atoms. The Hall–Kier alpha value is -1.84. The number of carbonyl (C=O) groups excluding carboxylic acids is 1. The highest BCUT2D eigenvalue weighted by Crippen LogP contribution is 2.21. The van der Waals surface area contributed by atoms with Crippen LogP contribution in [0.5, 0.6) is 0 Å². The van der Waals surface area contributed by atoms with Crippen LogP contribution in [0.4, 0.5) is 0 Å². The molecule has 0 aromatic carbocycles. The third-order valence-corrected chi connectivity index (χ3v) is 5.42. The Morgan fingerprint density at radius 3 is 2.45 bits per heavy atom. The lowest BCUT2D eigenvalue weighted by atomic mass is 10.1. The van der Waals surface area contributed by atoms with E-state index in [1.54, 1.807) is 0 Å². The van der Waals surface area contributed by atoms with Crippen LogP contribution >= 0.6 is 11.8 Å². The van der Waals surface area contributed by atoms with Crippen molar-refractivity contribution >= 4 is 29.6 Å². The zero-order valence-electron chi connectivity index (χ0n) is 17.0. The van der Waals surface area contributed by atoms with E-state index in [-0.39, 0.29) is 17.4 Å². The topological polar surface area (TPSA) is 150 Å². The molecule has 6 N–H and O–H groups in total. The lowest BCUT2D eigenvalue weighted by Gasteiger charge is -2.21. The fourth-order valence-corrected chi connectivity index (χ4v) is 3.51. The smallest absolute Gasteiger partial charge is 0.322 e. The molecule has 9 heteroatoms. The fourth-order valence-electron chi connectivity index (χ4n) is 2.37. The average Bonchev–Trinajstić information content (AvgIpc) is 2.66. The summed E-state index contributed by atoms with van der Waals surface area (Å²) in [7, 11) is 0. The summed E-state index contributed by atoms with van der Waals surface area (Å²) in [4.78, 5) is 33.0. The Balaban J connectivity index is 4.69. The standard InChI is InChI=1S/C20H34N2O6S/c1-2-3-4-5-6-7-8-11-17(16(23)10-9-12-18(24)25)29-14-15(21)20(28)22-13-19(26)27/h6-8,11,15-17,23H,2-5,9-10,12-14,21H2,1H3,(H,22,28)(H,24,25)(H,26,27). The van der Waals surface area contributed by atoms with Crippen LogP contribution in [0.2, 0.25) is 0 Å². The molecule has 8 nitrogen and oxygen atoms in total. The number of hydrogen-bond acceptors (Lipinski definition) is 6. The number of nitrogens with one attached hydrogen (secondary N) is 1. The predicted molar refractivity (Wildman–Crippen MR) is 115 cm³/mol. The van der Waals surface area contributed by atoms with Crippen LogP contribution in [0.15, 0.2) is 24.3 Å². The number of unbranched alkanes of at least 4 members (excludes halogenated alkanes) is 3. The van der Waals surface area contributed by atoms with E-state index in [1.165, 1.54) is 18.2 Å². The van der Waals surface area contributed by atoms with Crippen molar-refractivity contribution in [1.82, 2.24) is 5.32 Å². The normalized spacial score (nSPS) is 14.7. The van der Waals surface area contributed by atoms with E-state index in [4.69, 9.17) is 15.9 Å². The number of carboxylic acids is 2. The number of carboxylic acid groups (broad SMARTS) is 2. The van der Waals surface area contributed by atoms with E-state index in [0.29, 0.717) is 12.8 Å². The van der Waals surface area contributed by atoms with Crippen LogP contribution < -0.4 is 11.1 Å². The highest BCUT2D eigenvalue weighted by Gasteiger charge is 2.21. The van der Waals surface area contributed by atoms with Crippen molar-refractivity contribution in [3.8, 4) is 0 Å². The van der Waals surface area contributed by atoms with Crippen molar-refractivity contribution < 1.29 is 29.7 Å². The SMILES string of the molecule is CCCCCC=CC=CC(SCC(N)C(=O)NCC(=O)O)C(O)CCCC(=O)O. The molecule has 0 saturated carbocycles. The molecule has 0 aromatic heterocycles. The van der Waals surface area contributed by atoms with Gasteiger partial charge in [0, 0.05) is 17.4 Å². The molecular formula is C20H34N2O6S. The molecule has 0 fully saturated rings. The largest absolute Gasteiger partial charge is 0.481 e. The second kappa shape index (κ2) is 17.1. The first-order chi connectivity index (χ1) is 13.8. The van der Waals surface area contributed by atoms with Crippen molar-refractivity contribution in [2.75, 3.05) is 12.3 Å². The summed E-state index contributed by atoms with van der Waals surface area (Å²) in [6.07, 6.45) is 11.9. The number of rotatable bonds is 17. The van der Waals surface area contributed by atoms with E-state index in [9.17, 15) is 19.5 Å². The van der Waals surface area contributed by atoms with Crippen LogP contribution in [0.1, 0.15) is 51.9 Å². The second-order valence-electron chi connectivity index (χ2n) is 6.68. The lowest BCUT2D eigenvalue weighted by molar-refractivity contribution is -0.138. The molecule has 3 unspecified atom stereocenters. The van der Waals surface area contributed by atoms with Gasteiger partial charge in [0.2, 0.25) is 5.91 Å². The number of aliphatic hydroxyl groups is 1. The number of nitrogens with two attached hydrogens (primary N) is 1. The Bertz CT molecular complexity index is 553. The van der Waals surface area contributed by atoms with E-state index in [0.717, 1.165) is 19.3 Å². The maximum Gasteiger partial charge on any atom is 0.322 e. The molecule has 0 rings (SSSR count). The van der Waals surface area contributed by atoms with Gasteiger partial charge in [-0.3, -0.25) is 14.4 Å². The minimum Gasteiger partial charge on any atom is -0.481 e. The summed E-state index contributed by atoms with van der Waals surface area (Å²) in [5, 5.41) is 29.6. The summed E-state index contributed by atoms with van der Waals surface area (Å²) < 4.78 is 0. The molecular weight excluding hydrogens is 396 g/mol. The van der Waals surface area contributed by atoms with Crippen LogP contribution in [0, 0.1) is 0 Å². The molecule has 3 atom stereocenters. The number of hydrogen-bond donors (Lipinski definition) is 5. The number of amides is 1. The molecule has 0 saturated heterocycles. The predicted octanol–water partition coefficient (Wildman–Crippen LogP) is 1.92. The Kier molecular flexibility index (Phi) is 16.0. The van der Waals surface area contributed by atoms with Gasteiger partial charge in [-0.25, -0.2) is 0 Å². The minimum absolute atomic E-state index is 0.0212. The van der Waals surface area contributed by atoms with Crippen LogP contribution in [0.25, 0.3) is 0 Å². The molecule has 166 valence electrons. The lowest BCUT2D eigenvalue weighted by Crippen LogP contribution is -2.44. The molecule has 0 bridgehead atoms. The quantitative estimate of drug-likeness (QED) is 0.173. The summed E-state index contributed by atoms with van der Waals surface area (Å²) in [5.41, 5.74) is 5.79. The van der Waals surface area contributed by atoms with Gasteiger partial charge >= 0.3 is 11.9 Å².